The van der Waals surface area contributed by atoms with E-state index >= 15 is 0 Å². The molecule has 4 rings (SSSR count). The molecule has 0 radical (unpaired) electrons. The Morgan fingerprint density at radius 1 is 1.31 bits per heavy atom. The fourth-order valence-electron chi connectivity index (χ4n) is 3.99. The van der Waals surface area contributed by atoms with Crippen LogP contribution in [0.5, 0.6) is 0 Å². The quantitative estimate of drug-likeness (QED) is 0.768. The van der Waals surface area contributed by atoms with Crippen LogP contribution in [0.15, 0.2) is 34.7 Å². The van der Waals surface area contributed by atoms with E-state index in [-0.39, 0.29) is 17.5 Å². The number of nitrogens with one attached hydrogen (secondary N) is 1. The smallest absolute Gasteiger partial charge is 0.336 e. The molecule has 0 saturated carbocycles. The van der Waals surface area contributed by atoms with E-state index in [9.17, 15) is 27.2 Å². The molecule has 0 spiro atoms. The highest BCUT2D eigenvalue weighted by atomic mass is 32.2. The highest BCUT2D eigenvalue weighted by molar-refractivity contribution is 7.90. The number of nitrogens with zero attached hydrogens (tertiary/aromatic N) is 3. The van der Waals surface area contributed by atoms with Crippen molar-refractivity contribution < 1.29 is 27.2 Å². The van der Waals surface area contributed by atoms with Crippen LogP contribution < -0.4 is 5.32 Å². The van der Waals surface area contributed by atoms with Gasteiger partial charge >= 0.3 is 6.03 Å². The molecule has 3 aliphatic rings. The highest BCUT2D eigenvalue weighted by Crippen LogP contribution is 2.38. The van der Waals surface area contributed by atoms with Crippen LogP contribution in [0.2, 0.25) is 0 Å². The van der Waals surface area contributed by atoms with Gasteiger partial charge in [-0.05, 0) is 30.5 Å². The van der Waals surface area contributed by atoms with E-state index < -0.39 is 45.3 Å². The number of benzene rings is 1. The minimum atomic E-state index is -4.39. The third-order valence-corrected chi connectivity index (χ3v) is 7.11. The molecule has 4 amide bonds. The van der Waals surface area contributed by atoms with E-state index in [1.54, 1.807) is 14.1 Å². The molecule has 2 heterocycles. The summed E-state index contributed by atoms with van der Waals surface area (Å²) in [5, 5.41) is 2.36. The van der Waals surface area contributed by atoms with Crippen molar-refractivity contribution in [1.29, 1.82) is 0 Å². The number of amides is 4. The molecule has 1 fully saturated rings. The Morgan fingerprint density at radius 2 is 2.03 bits per heavy atom. The Kier molecular flexibility index (Phi) is 4.37. The van der Waals surface area contributed by atoms with Crippen LogP contribution in [-0.4, -0.2) is 73.6 Å². The Balaban J connectivity index is 1.57. The van der Waals surface area contributed by atoms with Gasteiger partial charge < -0.3 is 15.1 Å². The molecule has 29 heavy (non-hydrogen) atoms. The Bertz CT molecular complexity index is 1070. The Hall–Kier alpha value is -2.95. The zero-order chi connectivity index (χ0) is 21.1. The fraction of sp³-hybridized carbons (Fsp3) is 0.389. The number of likely N-dealkylation sites (N-methyl/N-ethyl adjacent to an activating group) is 1. The number of halogens is 1. The lowest BCUT2D eigenvalue weighted by atomic mass is 10.1. The van der Waals surface area contributed by atoms with Gasteiger partial charge in [-0.25, -0.2) is 21.9 Å². The second-order valence-corrected chi connectivity index (χ2v) is 9.29. The summed E-state index contributed by atoms with van der Waals surface area (Å²) in [6, 6.07) is 1.56. The molecule has 1 aromatic carbocycles. The number of sulfonamides is 1. The predicted octanol–water partition coefficient (Wildman–Crippen LogP) is 0.607. The topological polar surface area (TPSA) is 107 Å². The summed E-state index contributed by atoms with van der Waals surface area (Å²) < 4.78 is 39.5. The zero-order valence-electron chi connectivity index (χ0n) is 15.8. The summed E-state index contributed by atoms with van der Waals surface area (Å²) in [4.78, 5) is 40.0. The summed E-state index contributed by atoms with van der Waals surface area (Å²) in [6.07, 6.45) is 2.44. The van der Waals surface area contributed by atoms with Crippen molar-refractivity contribution in [2.75, 3.05) is 32.5 Å². The minimum Gasteiger partial charge on any atom is -0.345 e. The van der Waals surface area contributed by atoms with Crippen LogP contribution in [0.4, 0.5) is 14.9 Å². The molecule has 2 bridgehead atoms. The number of urea groups is 1. The van der Waals surface area contributed by atoms with Gasteiger partial charge in [-0.1, -0.05) is 6.08 Å². The molecule has 1 N–H and O–H groups in total. The first-order chi connectivity index (χ1) is 13.6. The fourth-order valence-corrected chi connectivity index (χ4v) is 5.43. The summed E-state index contributed by atoms with van der Waals surface area (Å²) >= 11 is 0. The average Bonchev–Trinajstić information content (AvgIpc) is 3.26. The summed E-state index contributed by atoms with van der Waals surface area (Å²) in [6.45, 7) is -0.370. The van der Waals surface area contributed by atoms with Gasteiger partial charge in [0.1, 0.15) is 17.3 Å². The average molecular weight is 422 g/mol. The first kappa shape index (κ1) is 19.4. The molecular formula is C18H19FN4O5S. The molecule has 1 aliphatic carbocycles. The first-order valence-corrected chi connectivity index (χ1v) is 10.4. The standard InChI is InChI=1S/C18H19FN4O5S/c1-21(2)17(25)12-5-10-6-14(12)22(8-10)16(24)9-23-18(26)20-13-4-3-11(19)7-15(13)29(23,27)28/h3-5,7,10,14H,6,8-9H2,1-2H3,(H,20,26)/t10-,14-/m0/s1. The molecular weight excluding hydrogens is 403 g/mol. The number of rotatable bonds is 3. The lowest BCUT2D eigenvalue weighted by Crippen LogP contribution is -2.51. The maximum absolute atomic E-state index is 13.5. The van der Waals surface area contributed by atoms with Gasteiger partial charge in [-0.3, -0.25) is 9.59 Å². The third-order valence-electron chi connectivity index (χ3n) is 5.34. The maximum Gasteiger partial charge on any atom is 0.336 e. The second kappa shape index (κ2) is 6.55. The minimum absolute atomic E-state index is 0.0180. The van der Waals surface area contributed by atoms with Gasteiger partial charge in [0, 0.05) is 26.2 Å². The Morgan fingerprint density at radius 3 is 2.69 bits per heavy atom. The van der Waals surface area contributed by atoms with Gasteiger partial charge in [0.15, 0.2) is 0 Å². The summed E-state index contributed by atoms with van der Waals surface area (Å²) in [5.74, 6) is -1.55. The van der Waals surface area contributed by atoms with Gasteiger partial charge in [-0.2, -0.15) is 0 Å². The van der Waals surface area contributed by atoms with E-state index in [0.29, 0.717) is 22.8 Å². The van der Waals surface area contributed by atoms with Crippen LogP contribution in [0.3, 0.4) is 0 Å². The van der Waals surface area contributed by atoms with E-state index in [4.69, 9.17) is 0 Å². The van der Waals surface area contributed by atoms with Gasteiger partial charge in [0.2, 0.25) is 5.91 Å². The number of likely N-dealkylation sites (tertiary alicyclic amines) is 1. The van der Waals surface area contributed by atoms with Crippen molar-refractivity contribution in [2.24, 2.45) is 5.92 Å². The molecule has 154 valence electrons. The first-order valence-electron chi connectivity index (χ1n) is 8.95. The van der Waals surface area contributed by atoms with Crippen molar-refractivity contribution in [3.8, 4) is 0 Å². The lowest BCUT2D eigenvalue weighted by Gasteiger charge is -2.33. The van der Waals surface area contributed by atoms with Crippen LogP contribution in [-0.2, 0) is 19.6 Å². The largest absolute Gasteiger partial charge is 0.345 e. The van der Waals surface area contributed by atoms with Crippen LogP contribution >= 0.6 is 0 Å². The summed E-state index contributed by atoms with van der Waals surface area (Å²) in [5.41, 5.74) is 0.458. The molecule has 1 saturated heterocycles. The maximum atomic E-state index is 13.5. The van der Waals surface area contributed by atoms with Crippen molar-refractivity contribution in [2.45, 2.75) is 17.4 Å². The molecule has 0 unspecified atom stereocenters. The van der Waals surface area contributed by atoms with Gasteiger partial charge in [-0.15, -0.1) is 0 Å². The Labute approximate surface area is 166 Å². The van der Waals surface area contributed by atoms with Crippen LogP contribution in [0, 0.1) is 11.7 Å². The molecule has 0 aromatic heterocycles. The molecule has 1 aromatic rings. The van der Waals surface area contributed by atoms with E-state index in [1.165, 1.54) is 9.80 Å². The van der Waals surface area contributed by atoms with Crippen LogP contribution in [0.1, 0.15) is 6.42 Å². The molecule has 2 atom stereocenters. The summed E-state index contributed by atoms with van der Waals surface area (Å²) in [7, 11) is -1.16. The number of anilines is 1. The number of hydrogen-bond donors (Lipinski definition) is 1. The second-order valence-electron chi connectivity index (χ2n) is 7.46. The zero-order valence-corrected chi connectivity index (χ0v) is 16.6. The third kappa shape index (κ3) is 3.05. The van der Waals surface area contributed by atoms with Crippen LogP contribution in [0.25, 0.3) is 0 Å². The molecule has 9 nitrogen and oxygen atoms in total. The predicted molar refractivity (Wildman–Crippen MR) is 99.7 cm³/mol. The normalized spacial score (nSPS) is 24.1. The van der Waals surface area contributed by atoms with Gasteiger partial charge in [0.05, 0.1) is 11.7 Å². The van der Waals surface area contributed by atoms with E-state index in [2.05, 4.69) is 5.32 Å². The van der Waals surface area contributed by atoms with Crippen molar-refractivity contribution in [3.63, 3.8) is 0 Å². The molecule has 2 aliphatic heterocycles. The number of carbonyl (C=O) groups excluding carboxylic acids is 3. The molecule has 11 heteroatoms. The van der Waals surface area contributed by atoms with E-state index in [1.807, 2.05) is 6.08 Å². The number of hydrogen-bond acceptors (Lipinski definition) is 5. The lowest BCUT2D eigenvalue weighted by molar-refractivity contribution is -0.132. The number of carbonyl (C=O) groups is 3. The SMILES string of the molecule is CN(C)C(=O)C1=C[C@H]2C[C@@H]1N(C(=O)CN1C(=O)Nc3ccc(F)cc3S1(=O)=O)C2. The van der Waals surface area contributed by atoms with E-state index in [0.717, 1.165) is 18.2 Å². The van der Waals surface area contributed by atoms with Crippen molar-refractivity contribution in [1.82, 2.24) is 14.1 Å². The van der Waals surface area contributed by atoms with Gasteiger partial charge in [0.25, 0.3) is 15.9 Å². The van der Waals surface area contributed by atoms with Crippen molar-refractivity contribution >= 4 is 33.6 Å². The monoisotopic (exact) mass is 422 g/mol. The van der Waals surface area contributed by atoms with Crippen molar-refractivity contribution in [3.05, 3.63) is 35.7 Å². The highest BCUT2D eigenvalue weighted by Gasteiger charge is 2.46. The number of fused-ring (bicyclic) bond motifs is 3.